The van der Waals surface area contributed by atoms with Gasteiger partial charge in [-0.05, 0) is 185 Å². The number of fused-ring (bicyclic) bond motifs is 14. The monoisotopic (exact) mass is 1530 g/mol. The molecular weight excluding hydrogens is 1460 g/mol. The van der Waals surface area contributed by atoms with E-state index in [1.54, 1.807) is 0 Å². The van der Waals surface area contributed by atoms with Gasteiger partial charge in [-0.2, -0.15) is 0 Å². The molecule has 6 heterocycles. The number of nitrogens with zero attached hydrogens (tertiary/aromatic N) is 5. The molecule has 0 unspecified atom stereocenters. The van der Waals surface area contributed by atoms with Crippen LogP contribution in [0.3, 0.4) is 0 Å². The second kappa shape index (κ2) is 27.5. The second-order valence-corrected chi connectivity index (χ2v) is 32.5. The van der Waals surface area contributed by atoms with Crippen LogP contribution >= 0.6 is 0 Å². The van der Waals surface area contributed by atoms with Crippen molar-refractivity contribution in [2.75, 3.05) is 14.5 Å². The Kier molecular flexibility index (Phi) is 15.6. The quantitative estimate of drug-likeness (QED) is 0.114. The lowest BCUT2D eigenvalue weighted by atomic mass is 9.32. The predicted molar refractivity (Wildman–Crippen MR) is 511 cm³/mol. The van der Waals surface area contributed by atoms with Gasteiger partial charge in [0.05, 0.1) is 33.4 Å². The Hall–Kier alpha value is -15.7. The number of aromatic nitrogens is 2. The Labute approximate surface area is 703 Å². The van der Waals surface area contributed by atoms with Crippen LogP contribution < -0.4 is 36.4 Å². The first-order valence-corrected chi connectivity index (χ1v) is 42.0. The molecule has 0 bridgehead atoms. The van der Waals surface area contributed by atoms with Crippen molar-refractivity contribution in [1.29, 1.82) is 0 Å². The van der Waals surface area contributed by atoms with E-state index in [9.17, 15) is 0 Å². The van der Waals surface area contributed by atoms with Crippen molar-refractivity contribution in [2.24, 2.45) is 0 Å². The van der Waals surface area contributed by atoms with E-state index >= 15 is 0 Å². The van der Waals surface area contributed by atoms with Gasteiger partial charge in [0.25, 0.3) is 0 Å². The van der Waals surface area contributed by atoms with Crippen LogP contribution in [0.15, 0.2) is 443 Å². The number of anilines is 7. The van der Waals surface area contributed by atoms with Crippen molar-refractivity contribution in [2.45, 2.75) is 0 Å². The molecule has 5 nitrogen and oxygen atoms in total. The van der Waals surface area contributed by atoms with Crippen LogP contribution in [0.2, 0.25) is 0 Å². The molecule has 19 aromatic carbocycles. The Bertz CT molecular complexity index is 7000. The summed E-state index contributed by atoms with van der Waals surface area (Å²) in [4.78, 5) is 5.36. The van der Waals surface area contributed by atoms with Gasteiger partial charge in [0.15, 0.2) is 0 Å². The minimum absolute atomic E-state index is 0.332. The predicted octanol–water partition coefficient (Wildman–Crippen LogP) is 27.2. The van der Waals surface area contributed by atoms with Crippen molar-refractivity contribution < 1.29 is 0 Å². The standard InChI is InChI=1S/C114H73B2N5/c1-9-32-74(33-10-1)82-58-62-102-94(66-82)95-67-83(75-34-11-2-12-35-75)59-63-103(95)117(102)86-70-98-92-52-31-53-93-99-71-87(118-104-64-60-84(76-36-13-3-14-37-76)68-96(104)97-69-85(61-65-105(97)118)77-38-15-4-16-39-77)73-109-111(99)116(101-55-26-28-57-107(101)120(109)113-90(80-44-21-7-22-45-80)50-30-51-91(113)81-46-23-8-24-47-81)121(114(92)93)115-100-54-25-27-56-106(100)119(108(72-86)110(98)115)112-88(78-40-17-5-18-41-78)48-29-49-89(112)79-42-19-6-20-43-79/h1-73H. The van der Waals surface area contributed by atoms with E-state index in [0.29, 0.717) is 0 Å². The van der Waals surface area contributed by atoms with E-state index < -0.39 is 0 Å². The number of benzene rings is 19. The largest absolute Gasteiger partial charge is 0.444 e. The van der Waals surface area contributed by atoms with Gasteiger partial charge in [0.2, 0.25) is 0 Å². The lowest BCUT2D eigenvalue weighted by Gasteiger charge is -2.53. The molecule has 0 amide bonds. The summed E-state index contributed by atoms with van der Waals surface area (Å²) in [5.41, 5.74) is 42.9. The molecule has 2 aromatic heterocycles. The van der Waals surface area contributed by atoms with Gasteiger partial charge in [-0.25, -0.2) is 0 Å². The van der Waals surface area contributed by atoms with Crippen LogP contribution in [-0.2, 0) is 0 Å². The summed E-state index contributed by atoms with van der Waals surface area (Å²) in [7, 11) is 0. The number of para-hydroxylation sites is 5. The van der Waals surface area contributed by atoms with Gasteiger partial charge < -0.3 is 23.7 Å². The molecule has 0 spiro atoms. The minimum Gasteiger partial charge on any atom is -0.444 e. The first-order chi connectivity index (χ1) is 60.1. The van der Waals surface area contributed by atoms with Gasteiger partial charge in [-0.3, -0.25) is 0 Å². The zero-order valence-corrected chi connectivity index (χ0v) is 66.0. The summed E-state index contributed by atoms with van der Waals surface area (Å²) < 4.78 is 8.06. The molecule has 0 aliphatic carbocycles. The normalized spacial score (nSPS) is 12.7. The fourth-order valence-corrected chi connectivity index (χ4v) is 20.8. The molecule has 4 aliphatic heterocycles. The zero-order valence-electron chi connectivity index (χ0n) is 66.0. The van der Waals surface area contributed by atoms with Crippen molar-refractivity contribution in [3.8, 4) is 123 Å². The molecule has 4 aliphatic rings. The minimum atomic E-state index is -0.332. The van der Waals surface area contributed by atoms with Crippen LogP contribution in [0.4, 0.5) is 39.8 Å². The SMILES string of the molecule is c1ccc(-c2ccc3c(c2)c2cc(-c4ccccc4)ccc2n3-c2cc3c4c(c2)N(c2c(-c5ccccc5)cccc2-c2ccccc2)c2ccccc2B4N2B4c5ccccc5N(c5c(-c6ccccc6)cccc5-c5ccccc5)c5cc(-n6c7ccc(-c8ccccc8)cc7c7cc(-c8ccccc8)ccc76)cc(c54)-c4cccc-3c42)cc1. The molecular formula is C114H73B2N5. The van der Waals surface area contributed by atoms with E-state index in [-0.39, 0.29) is 13.7 Å². The molecule has 0 atom stereocenters. The fourth-order valence-electron chi connectivity index (χ4n) is 20.8. The Morgan fingerprint density at radius 3 is 0.711 bits per heavy atom. The lowest BCUT2D eigenvalue weighted by molar-refractivity contribution is 1.17. The average Bonchev–Trinajstić information content (AvgIpc) is 0.883. The molecule has 0 saturated carbocycles. The third-order valence-electron chi connectivity index (χ3n) is 26.0. The lowest BCUT2D eigenvalue weighted by Crippen LogP contribution is -2.74. The average molecular weight is 1530 g/mol. The highest BCUT2D eigenvalue weighted by atomic mass is 15.2. The molecule has 0 radical (unpaired) electrons. The summed E-state index contributed by atoms with van der Waals surface area (Å²) in [6, 6.07) is 167. The molecule has 0 fully saturated rings. The Morgan fingerprint density at radius 2 is 0.421 bits per heavy atom. The maximum atomic E-state index is 2.91. The van der Waals surface area contributed by atoms with Crippen molar-refractivity contribution >= 4 is 119 Å². The molecule has 560 valence electrons. The summed E-state index contributed by atoms with van der Waals surface area (Å²) >= 11 is 0. The van der Waals surface area contributed by atoms with E-state index in [4.69, 9.17) is 0 Å². The molecule has 25 rings (SSSR count). The summed E-state index contributed by atoms with van der Waals surface area (Å²) in [6.07, 6.45) is 0. The summed E-state index contributed by atoms with van der Waals surface area (Å²) in [5, 5.41) is 4.77. The Morgan fingerprint density at radius 1 is 0.165 bits per heavy atom. The number of rotatable bonds is 12. The molecule has 0 saturated heterocycles. The highest BCUT2D eigenvalue weighted by Crippen LogP contribution is 2.57. The first-order valence-electron chi connectivity index (χ1n) is 42.0. The van der Waals surface area contributed by atoms with Gasteiger partial charge in [-0.15, -0.1) is 0 Å². The smallest absolute Gasteiger partial charge is 0.316 e. The first kappa shape index (κ1) is 68.5. The highest BCUT2D eigenvalue weighted by Gasteiger charge is 2.55. The maximum Gasteiger partial charge on any atom is 0.316 e. The van der Waals surface area contributed by atoms with Crippen LogP contribution in [0.5, 0.6) is 0 Å². The highest BCUT2D eigenvalue weighted by molar-refractivity contribution is 7.09. The maximum absolute atomic E-state index is 2.91. The van der Waals surface area contributed by atoms with Crippen molar-refractivity contribution in [1.82, 2.24) is 9.13 Å². The summed E-state index contributed by atoms with van der Waals surface area (Å²) in [5.74, 6) is 0. The van der Waals surface area contributed by atoms with E-state index in [1.807, 2.05) is 0 Å². The molecule has 7 heteroatoms. The topological polar surface area (TPSA) is 19.6 Å². The van der Waals surface area contributed by atoms with E-state index in [1.165, 1.54) is 116 Å². The van der Waals surface area contributed by atoms with Crippen LogP contribution in [0.25, 0.3) is 166 Å². The number of hydrogen-bond donors (Lipinski definition) is 0. The van der Waals surface area contributed by atoms with Crippen LogP contribution in [0.1, 0.15) is 0 Å². The van der Waals surface area contributed by atoms with Gasteiger partial charge >= 0.3 is 13.7 Å². The van der Waals surface area contributed by atoms with Crippen molar-refractivity contribution in [3.05, 3.63) is 443 Å². The van der Waals surface area contributed by atoms with Gasteiger partial charge in [0, 0.05) is 94.7 Å². The van der Waals surface area contributed by atoms with Crippen LogP contribution in [-0.4, -0.2) is 22.8 Å². The Balaban J connectivity index is 0.819. The second-order valence-electron chi connectivity index (χ2n) is 32.5. The third kappa shape index (κ3) is 10.6. The van der Waals surface area contributed by atoms with Crippen molar-refractivity contribution in [3.63, 3.8) is 0 Å². The van der Waals surface area contributed by atoms with Crippen LogP contribution in [0, 0.1) is 0 Å². The van der Waals surface area contributed by atoms with Gasteiger partial charge in [0.1, 0.15) is 0 Å². The summed E-state index contributed by atoms with van der Waals surface area (Å²) in [6.45, 7) is -0.665. The molecule has 0 N–H and O–H groups in total. The molecule has 21 aromatic rings. The molecule has 121 heavy (non-hydrogen) atoms. The third-order valence-corrected chi connectivity index (χ3v) is 26.0. The fraction of sp³-hybridized carbons (Fsp3) is 0. The van der Waals surface area contributed by atoms with E-state index in [2.05, 4.69) is 467 Å². The van der Waals surface area contributed by atoms with Gasteiger partial charge in [-0.1, -0.05) is 358 Å². The van der Waals surface area contributed by atoms with E-state index in [0.717, 1.165) is 112 Å². The zero-order chi connectivity index (χ0) is 79.3. The number of hydrogen-bond acceptors (Lipinski definition) is 3.